The van der Waals surface area contributed by atoms with Gasteiger partial charge in [-0.1, -0.05) is 31.4 Å². The van der Waals surface area contributed by atoms with Crippen molar-refractivity contribution in [3.05, 3.63) is 59.2 Å². The molecule has 5 heteroatoms. The first-order valence-corrected chi connectivity index (χ1v) is 11.0. The van der Waals surface area contributed by atoms with E-state index in [1.165, 1.54) is 37.7 Å². The van der Waals surface area contributed by atoms with Crippen molar-refractivity contribution in [2.75, 3.05) is 10.2 Å². The zero-order chi connectivity index (χ0) is 21.3. The van der Waals surface area contributed by atoms with E-state index < -0.39 is 5.97 Å². The first-order chi connectivity index (χ1) is 14.4. The van der Waals surface area contributed by atoms with Gasteiger partial charge in [0.15, 0.2) is 0 Å². The van der Waals surface area contributed by atoms with Gasteiger partial charge in [-0.15, -0.1) is 0 Å². The summed E-state index contributed by atoms with van der Waals surface area (Å²) in [6, 6.07) is 13.7. The number of nitrogens with zero attached hydrogens (tertiary/aromatic N) is 1. The average Bonchev–Trinajstić information content (AvgIpc) is 2.74. The first-order valence-electron chi connectivity index (χ1n) is 11.0. The lowest BCUT2D eigenvalue weighted by Crippen LogP contribution is -2.43. The highest BCUT2D eigenvalue weighted by Crippen LogP contribution is 2.40. The lowest BCUT2D eigenvalue weighted by Gasteiger charge is -2.39. The predicted molar refractivity (Wildman–Crippen MR) is 119 cm³/mol. The summed E-state index contributed by atoms with van der Waals surface area (Å²) in [6.07, 6.45) is 7.27. The molecule has 1 amide bonds. The smallest absolute Gasteiger partial charge is 0.335 e. The molecule has 0 aromatic heterocycles. The molecule has 4 rings (SSSR count). The van der Waals surface area contributed by atoms with E-state index in [2.05, 4.69) is 29.6 Å². The molecule has 1 aliphatic heterocycles. The second-order valence-corrected chi connectivity index (χ2v) is 8.71. The lowest BCUT2D eigenvalue weighted by molar-refractivity contribution is -0.117. The Bertz CT molecular complexity index is 932. The van der Waals surface area contributed by atoms with Crippen LogP contribution in [0.2, 0.25) is 0 Å². The molecule has 158 valence electrons. The number of nitrogens with one attached hydrogen (secondary N) is 1. The molecule has 1 saturated carbocycles. The Balaban J connectivity index is 1.60. The molecule has 0 saturated heterocycles. The highest BCUT2D eigenvalue weighted by molar-refractivity contribution is 5.95. The van der Waals surface area contributed by atoms with Crippen LogP contribution in [0.15, 0.2) is 42.5 Å². The van der Waals surface area contributed by atoms with Crippen molar-refractivity contribution in [3.8, 4) is 0 Å². The van der Waals surface area contributed by atoms with Gasteiger partial charge in [0, 0.05) is 24.3 Å². The summed E-state index contributed by atoms with van der Waals surface area (Å²) in [5, 5.41) is 13.0. The van der Waals surface area contributed by atoms with Crippen molar-refractivity contribution < 1.29 is 14.7 Å². The standard InChI is InChI=1S/C25H30N2O3/c1-16-14-23(22-15-20(25(29)30)10-13-24(22)27(16)17(2)28)26-21-11-8-19(9-12-21)18-6-4-3-5-7-18/h8-13,15-16,18,23,26H,3-7,14H2,1-2H3,(H,29,30)/t16-,23+/m0/s1. The number of hydrogen-bond donors (Lipinski definition) is 2. The molecule has 30 heavy (non-hydrogen) atoms. The van der Waals surface area contributed by atoms with Gasteiger partial charge in [0.1, 0.15) is 0 Å². The van der Waals surface area contributed by atoms with E-state index in [0.717, 1.165) is 23.4 Å². The fourth-order valence-corrected chi connectivity index (χ4v) is 5.10. The van der Waals surface area contributed by atoms with Crippen molar-refractivity contribution in [2.24, 2.45) is 0 Å². The molecule has 0 radical (unpaired) electrons. The fraction of sp³-hybridized carbons (Fsp3) is 0.440. The van der Waals surface area contributed by atoms with Crippen LogP contribution in [-0.4, -0.2) is 23.0 Å². The first kappa shape index (κ1) is 20.5. The van der Waals surface area contributed by atoms with Gasteiger partial charge in [0.05, 0.1) is 11.6 Å². The van der Waals surface area contributed by atoms with E-state index in [-0.39, 0.29) is 23.6 Å². The van der Waals surface area contributed by atoms with E-state index in [4.69, 9.17) is 0 Å². The molecule has 2 aromatic rings. The normalized spacial score (nSPS) is 21.7. The van der Waals surface area contributed by atoms with E-state index in [9.17, 15) is 14.7 Å². The molecular weight excluding hydrogens is 376 g/mol. The van der Waals surface area contributed by atoms with Gasteiger partial charge in [-0.05, 0) is 73.6 Å². The van der Waals surface area contributed by atoms with Crippen molar-refractivity contribution >= 4 is 23.3 Å². The number of hydrogen-bond acceptors (Lipinski definition) is 3. The zero-order valence-corrected chi connectivity index (χ0v) is 17.7. The van der Waals surface area contributed by atoms with E-state index in [0.29, 0.717) is 5.92 Å². The SMILES string of the molecule is CC(=O)N1c2ccc(C(=O)O)cc2[C@H](Nc2ccc(C3CCCCC3)cc2)C[C@@H]1C. The molecule has 5 nitrogen and oxygen atoms in total. The molecule has 2 aromatic carbocycles. The van der Waals surface area contributed by atoms with Gasteiger partial charge in [0.25, 0.3) is 0 Å². The van der Waals surface area contributed by atoms with Crippen molar-refractivity contribution in [2.45, 2.75) is 70.4 Å². The van der Waals surface area contributed by atoms with Crippen molar-refractivity contribution in [3.63, 3.8) is 0 Å². The van der Waals surface area contributed by atoms with Crippen LogP contribution in [0, 0.1) is 0 Å². The number of fused-ring (bicyclic) bond motifs is 1. The number of carbonyl (C=O) groups is 2. The molecular formula is C25H30N2O3. The third kappa shape index (κ3) is 4.07. The van der Waals surface area contributed by atoms with Crippen LogP contribution in [-0.2, 0) is 4.79 Å². The number of rotatable bonds is 4. The summed E-state index contributed by atoms with van der Waals surface area (Å²) in [6.45, 7) is 3.60. The Labute approximate surface area is 178 Å². The molecule has 2 aliphatic rings. The summed E-state index contributed by atoms with van der Waals surface area (Å²) < 4.78 is 0. The van der Waals surface area contributed by atoms with Crippen LogP contribution in [0.3, 0.4) is 0 Å². The van der Waals surface area contributed by atoms with Crippen molar-refractivity contribution in [1.82, 2.24) is 0 Å². The minimum Gasteiger partial charge on any atom is -0.478 e. The second-order valence-electron chi connectivity index (χ2n) is 8.71. The number of benzene rings is 2. The second kappa shape index (κ2) is 8.50. The molecule has 1 aliphatic carbocycles. The monoisotopic (exact) mass is 406 g/mol. The number of anilines is 2. The number of carboxylic acids is 1. The van der Waals surface area contributed by atoms with Gasteiger partial charge >= 0.3 is 5.97 Å². The molecule has 1 heterocycles. The van der Waals surface area contributed by atoms with E-state index >= 15 is 0 Å². The van der Waals surface area contributed by atoms with Crippen molar-refractivity contribution in [1.29, 1.82) is 0 Å². The molecule has 1 fully saturated rings. The van der Waals surface area contributed by atoms with Crippen LogP contribution in [0.4, 0.5) is 11.4 Å². The minimum atomic E-state index is -0.957. The highest BCUT2D eigenvalue weighted by atomic mass is 16.4. The van der Waals surface area contributed by atoms with Crippen LogP contribution >= 0.6 is 0 Å². The van der Waals surface area contributed by atoms with Crippen LogP contribution in [0.25, 0.3) is 0 Å². The van der Waals surface area contributed by atoms with Crippen LogP contribution in [0.1, 0.15) is 85.8 Å². The van der Waals surface area contributed by atoms with Gasteiger partial charge in [-0.2, -0.15) is 0 Å². The lowest BCUT2D eigenvalue weighted by atomic mass is 9.84. The van der Waals surface area contributed by atoms with Crippen LogP contribution < -0.4 is 10.2 Å². The third-order valence-electron chi connectivity index (χ3n) is 6.59. The maximum Gasteiger partial charge on any atom is 0.335 e. The van der Waals surface area contributed by atoms with Gasteiger partial charge < -0.3 is 15.3 Å². The van der Waals surface area contributed by atoms with E-state index in [1.807, 2.05) is 6.92 Å². The predicted octanol–water partition coefficient (Wildman–Crippen LogP) is 5.73. The highest BCUT2D eigenvalue weighted by Gasteiger charge is 2.33. The number of aromatic carboxylic acids is 1. The topological polar surface area (TPSA) is 69.6 Å². The molecule has 2 N–H and O–H groups in total. The third-order valence-corrected chi connectivity index (χ3v) is 6.59. The zero-order valence-electron chi connectivity index (χ0n) is 17.7. The molecule has 2 atom stereocenters. The quantitative estimate of drug-likeness (QED) is 0.680. The Kier molecular flexibility index (Phi) is 5.80. The Morgan fingerprint density at radius 2 is 1.73 bits per heavy atom. The van der Waals surface area contributed by atoms with E-state index in [1.54, 1.807) is 30.0 Å². The maximum absolute atomic E-state index is 12.2. The fourth-order valence-electron chi connectivity index (χ4n) is 5.10. The number of carboxylic acid groups (broad SMARTS) is 1. The number of carbonyl (C=O) groups excluding carboxylic acids is 1. The average molecular weight is 407 g/mol. The summed E-state index contributed by atoms with van der Waals surface area (Å²) in [5.74, 6) is -0.311. The summed E-state index contributed by atoms with van der Waals surface area (Å²) >= 11 is 0. The minimum absolute atomic E-state index is 0.0258. The van der Waals surface area contributed by atoms with Crippen LogP contribution in [0.5, 0.6) is 0 Å². The Hall–Kier alpha value is -2.82. The van der Waals surface area contributed by atoms with Gasteiger partial charge in [-0.3, -0.25) is 4.79 Å². The van der Waals surface area contributed by atoms with Gasteiger partial charge in [0.2, 0.25) is 5.91 Å². The Morgan fingerprint density at radius 3 is 2.37 bits per heavy atom. The molecule has 0 spiro atoms. The summed E-state index contributed by atoms with van der Waals surface area (Å²) in [7, 11) is 0. The Morgan fingerprint density at radius 1 is 1.03 bits per heavy atom. The maximum atomic E-state index is 12.2. The summed E-state index contributed by atoms with van der Waals surface area (Å²) in [4.78, 5) is 25.5. The number of amides is 1. The largest absolute Gasteiger partial charge is 0.478 e. The molecule has 0 bridgehead atoms. The molecule has 0 unspecified atom stereocenters. The summed E-state index contributed by atoms with van der Waals surface area (Å²) in [5.41, 5.74) is 4.33. The van der Waals surface area contributed by atoms with Gasteiger partial charge in [-0.25, -0.2) is 4.79 Å².